The summed E-state index contributed by atoms with van der Waals surface area (Å²) in [6.07, 6.45) is 4.83. The Morgan fingerprint density at radius 2 is 2.19 bits per heavy atom. The van der Waals surface area contributed by atoms with E-state index in [1.165, 1.54) is 0 Å². The Hall–Kier alpha value is -2.97. The maximum Gasteiger partial charge on any atom is 0.271 e. The number of hydrogen-bond acceptors (Lipinski definition) is 6. The number of carbonyl (C=O) groups excluding carboxylic acids is 2. The summed E-state index contributed by atoms with van der Waals surface area (Å²) in [4.78, 5) is 23.6. The van der Waals surface area contributed by atoms with Crippen molar-refractivity contribution < 1.29 is 9.59 Å². The van der Waals surface area contributed by atoms with Crippen LogP contribution < -0.4 is 16.0 Å². The molecule has 2 atom stereocenters. The summed E-state index contributed by atoms with van der Waals surface area (Å²) in [6, 6.07) is 3.13. The van der Waals surface area contributed by atoms with E-state index in [-0.39, 0.29) is 29.6 Å². The topological polar surface area (TPSA) is 114 Å². The smallest absolute Gasteiger partial charge is 0.271 e. The van der Waals surface area contributed by atoms with Crippen LogP contribution >= 0.6 is 0 Å². The third-order valence-electron chi connectivity index (χ3n) is 4.31. The van der Waals surface area contributed by atoms with E-state index in [1.54, 1.807) is 18.3 Å². The highest BCUT2D eigenvalue weighted by molar-refractivity contribution is 5.92. The highest BCUT2D eigenvalue weighted by Crippen LogP contribution is 2.26. The van der Waals surface area contributed by atoms with Gasteiger partial charge in [-0.1, -0.05) is 0 Å². The fraction of sp³-hybridized carbons (Fsp3) is 0.471. The van der Waals surface area contributed by atoms with E-state index in [0.717, 1.165) is 12.1 Å². The second kappa shape index (κ2) is 7.94. The Morgan fingerprint density at radius 1 is 1.35 bits per heavy atom. The molecular formula is C17H23N7O2. The Kier molecular flexibility index (Phi) is 5.45. The molecule has 2 aromatic heterocycles. The van der Waals surface area contributed by atoms with Crippen molar-refractivity contribution in [1.29, 1.82) is 0 Å². The predicted molar refractivity (Wildman–Crippen MR) is 95.5 cm³/mol. The van der Waals surface area contributed by atoms with Crippen LogP contribution in [0.25, 0.3) is 0 Å². The van der Waals surface area contributed by atoms with Gasteiger partial charge in [0.2, 0.25) is 5.91 Å². The molecule has 0 bridgehead atoms. The standard InChI is InChI=1S/C17H23N7O2/c1-3-18-17(26)13-5-7-14(23-22-13)20-12-6-8-15(25)21-16(12)11-9-19-24(4-2)10-11/h5,7,9-10,12,16H,3-4,6,8H2,1-2H3,(H,18,26)(H,20,23)(H,21,25)/t12-,16+/m1/s1. The first kappa shape index (κ1) is 17.8. The van der Waals surface area contributed by atoms with Crippen LogP contribution in [0.2, 0.25) is 0 Å². The quantitative estimate of drug-likeness (QED) is 0.707. The van der Waals surface area contributed by atoms with Crippen LogP contribution in [0, 0.1) is 0 Å². The molecule has 9 nitrogen and oxygen atoms in total. The van der Waals surface area contributed by atoms with Crippen molar-refractivity contribution in [1.82, 2.24) is 30.6 Å². The number of aromatic nitrogens is 4. The van der Waals surface area contributed by atoms with Crippen molar-refractivity contribution in [3.8, 4) is 0 Å². The van der Waals surface area contributed by atoms with Crippen LogP contribution in [-0.2, 0) is 11.3 Å². The lowest BCUT2D eigenvalue weighted by Gasteiger charge is -2.32. The second-order valence-corrected chi connectivity index (χ2v) is 6.13. The molecule has 0 aliphatic carbocycles. The van der Waals surface area contributed by atoms with E-state index < -0.39 is 0 Å². The molecule has 138 valence electrons. The van der Waals surface area contributed by atoms with Crippen LogP contribution in [0.3, 0.4) is 0 Å². The maximum atomic E-state index is 11.9. The zero-order chi connectivity index (χ0) is 18.5. The van der Waals surface area contributed by atoms with Crippen LogP contribution in [0.4, 0.5) is 5.82 Å². The first-order valence-corrected chi connectivity index (χ1v) is 8.81. The number of rotatable bonds is 6. The van der Waals surface area contributed by atoms with Crippen molar-refractivity contribution in [3.63, 3.8) is 0 Å². The van der Waals surface area contributed by atoms with Crippen LogP contribution in [-0.4, -0.2) is 44.4 Å². The SMILES string of the molecule is CCNC(=O)c1ccc(N[C@@H]2CCC(=O)N[C@H]2c2cnn(CC)c2)nn1. The van der Waals surface area contributed by atoms with Crippen molar-refractivity contribution >= 4 is 17.6 Å². The lowest BCUT2D eigenvalue weighted by atomic mass is 9.94. The predicted octanol–water partition coefficient (Wildman–Crippen LogP) is 0.874. The van der Waals surface area contributed by atoms with Gasteiger partial charge in [-0.05, 0) is 32.4 Å². The summed E-state index contributed by atoms with van der Waals surface area (Å²) in [5.74, 6) is 0.336. The third kappa shape index (κ3) is 3.98. The fourth-order valence-electron chi connectivity index (χ4n) is 2.96. The molecule has 2 amide bonds. The molecule has 1 aliphatic heterocycles. The summed E-state index contributed by atoms with van der Waals surface area (Å²) < 4.78 is 1.83. The van der Waals surface area contributed by atoms with Crippen LogP contribution in [0.15, 0.2) is 24.5 Å². The molecule has 1 fully saturated rings. The average molecular weight is 357 g/mol. The van der Waals surface area contributed by atoms with Gasteiger partial charge in [-0.25, -0.2) is 0 Å². The number of nitrogens with zero attached hydrogens (tertiary/aromatic N) is 4. The minimum absolute atomic E-state index is 0.0231. The molecule has 3 rings (SSSR count). The number of carbonyl (C=O) groups is 2. The Morgan fingerprint density at radius 3 is 2.85 bits per heavy atom. The van der Waals surface area contributed by atoms with E-state index in [1.807, 2.05) is 24.7 Å². The van der Waals surface area contributed by atoms with Crippen molar-refractivity contribution in [2.75, 3.05) is 11.9 Å². The fourth-order valence-corrected chi connectivity index (χ4v) is 2.96. The van der Waals surface area contributed by atoms with Crippen LogP contribution in [0.5, 0.6) is 0 Å². The summed E-state index contributed by atoms with van der Waals surface area (Å²) >= 11 is 0. The van der Waals surface area contributed by atoms with Crippen molar-refractivity contribution in [2.24, 2.45) is 0 Å². The lowest BCUT2D eigenvalue weighted by molar-refractivity contribution is -0.123. The van der Waals surface area contributed by atoms with E-state index in [9.17, 15) is 9.59 Å². The first-order chi connectivity index (χ1) is 12.6. The molecule has 2 aromatic rings. The van der Waals surface area contributed by atoms with Gasteiger partial charge < -0.3 is 16.0 Å². The van der Waals surface area contributed by atoms with Crippen LogP contribution in [0.1, 0.15) is 48.8 Å². The molecule has 9 heteroatoms. The molecule has 0 unspecified atom stereocenters. The highest BCUT2D eigenvalue weighted by Gasteiger charge is 2.31. The molecule has 3 N–H and O–H groups in total. The van der Waals surface area contributed by atoms with E-state index in [2.05, 4.69) is 31.2 Å². The number of aryl methyl sites for hydroxylation is 1. The van der Waals surface area contributed by atoms with Gasteiger partial charge in [-0.15, -0.1) is 10.2 Å². The lowest BCUT2D eigenvalue weighted by Crippen LogP contribution is -2.45. The highest BCUT2D eigenvalue weighted by atomic mass is 16.2. The number of nitrogens with one attached hydrogen (secondary N) is 3. The number of piperidine rings is 1. The molecule has 0 spiro atoms. The third-order valence-corrected chi connectivity index (χ3v) is 4.31. The molecule has 0 radical (unpaired) electrons. The zero-order valence-corrected chi connectivity index (χ0v) is 14.9. The largest absolute Gasteiger partial charge is 0.363 e. The van der Waals surface area contributed by atoms with Gasteiger partial charge in [0.1, 0.15) is 5.82 Å². The van der Waals surface area contributed by atoms with Gasteiger partial charge in [0, 0.05) is 31.3 Å². The Labute approximate surface area is 151 Å². The molecule has 26 heavy (non-hydrogen) atoms. The van der Waals surface area contributed by atoms with Gasteiger partial charge in [-0.3, -0.25) is 14.3 Å². The minimum atomic E-state index is -0.249. The minimum Gasteiger partial charge on any atom is -0.363 e. The number of hydrogen-bond donors (Lipinski definition) is 3. The molecule has 3 heterocycles. The van der Waals surface area contributed by atoms with E-state index in [0.29, 0.717) is 25.2 Å². The monoisotopic (exact) mass is 357 g/mol. The van der Waals surface area contributed by atoms with E-state index in [4.69, 9.17) is 0 Å². The van der Waals surface area contributed by atoms with Gasteiger partial charge >= 0.3 is 0 Å². The number of anilines is 1. The zero-order valence-electron chi connectivity index (χ0n) is 14.9. The van der Waals surface area contributed by atoms with Gasteiger partial charge in [0.25, 0.3) is 5.91 Å². The Balaban J connectivity index is 1.73. The Bertz CT molecular complexity index is 772. The molecule has 1 aliphatic rings. The number of amides is 2. The summed E-state index contributed by atoms with van der Waals surface area (Å²) in [5, 5.41) is 21.4. The summed E-state index contributed by atoms with van der Waals surface area (Å²) in [7, 11) is 0. The second-order valence-electron chi connectivity index (χ2n) is 6.13. The molecule has 0 saturated carbocycles. The maximum absolute atomic E-state index is 11.9. The van der Waals surface area contributed by atoms with Crippen molar-refractivity contribution in [2.45, 2.75) is 45.3 Å². The van der Waals surface area contributed by atoms with Crippen molar-refractivity contribution in [3.05, 3.63) is 35.8 Å². The van der Waals surface area contributed by atoms with Gasteiger partial charge in [0.15, 0.2) is 5.69 Å². The molecular weight excluding hydrogens is 334 g/mol. The molecule has 1 saturated heterocycles. The average Bonchev–Trinajstić information content (AvgIpc) is 3.13. The first-order valence-electron chi connectivity index (χ1n) is 8.81. The summed E-state index contributed by atoms with van der Waals surface area (Å²) in [5.41, 5.74) is 1.22. The normalized spacial score (nSPS) is 19.7. The summed E-state index contributed by atoms with van der Waals surface area (Å²) in [6.45, 7) is 5.16. The van der Waals surface area contributed by atoms with E-state index >= 15 is 0 Å². The van der Waals surface area contributed by atoms with Gasteiger partial charge in [0.05, 0.1) is 18.3 Å². The van der Waals surface area contributed by atoms with Gasteiger partial charge in [-0.2, -0.15) is 5.10 Å². The molecule has 0 aromatic carbocycles.